The summed E-state index contributed by atoms with van der Waals surface area (Å²) in [7, 11) is 0. The molecule has 19 heavy (non-hydrogen) atoms. The van der Waals surface area contributed by atoms with Crippen LogP contribution in [0, 0.1) is 0 Å². The smallest absolute Gasteiger partial charge is 0.0703 e. The van der Waals surface area contributed by atoms with Crippen LogP contribution < -0.4 is 5.73 Å². The molecule has 1 aromatic heterocycles. The first-order chi connectivity index (χ1) is 9.11. The average Bonchev–Trinajstić information content (AvgIpc) is 3.00. The molecule has 5 heteroatoms. The highest BCUT2D eigenvalue weighted by Gasteiger charge is 2.28. The first-order valence-corrected chi connectivity index (χ1v) is 8.64. The number of rotatable bonds is 6. The zero-order valence-corrected chi connectivity index (χ0v) is 14.0. The Kier molecular flexibility index (Phi) is 5.84. The largest absolute Gasteiger partial charge is 0.377 e. The van der Waals surface area contributed by atoms with E-state index in [2.05, 4.69) is 46.1 Å². The van der Waals surface area contributed by atoms with Crippen molar-refractivity contribution in [1.29, 1.82) is 0 Å². The molecule has 1 fully saturated rings. The molecule has 1 aromatic rings. The molecule has 2 N–H and O–H groups in total. The van der Waals surface area contributed by atoms with Gasteiger partial charge in [0.05, 0.1) is 12.1 Å². The van der Waals surface area contributed by atoms with Gasteiger partial charge in [-0.3, -0.25) is 4.90 Å². The molecule has 2 heterocycles. The Morgan fingerprint density at radius 1 is 1.63 bits per heavy atom. The van der Waals surface area contributed by atoms with Gasteiger partial charge in [0.15, 0.2) is 0 Å². The third-order valence-electron chi connectivity index (χ3n) is 3.64. The van der Waals surface area contributed by atoms with Gasteiger partial charge in [-0.25, -0.2) is 0 Å². The lowest BCUT2D eigenvalue weighted by molar-refractivity contribution is 0.0553. The molecular weight excluding hydrogens is 324 g/mol. The first-order valence-electron chi connectivity index (χ1n) is 6.97. The molecule has 0 spiro atoms. The molecule has 2 rings (SSSR count). The molecule has 0 amide bonds. The number of hydrogen-bond acceptors (Lipinski definition) is 4. The van der Waals surface area contributed by atoms with E-state index in [1.165, 1.54) is 17.7 Å². The van der Waals surface area contributed by atoms with Crippen molar-refractivity contribution in [1.82, 2.24) is 4.90 Å². The Morgan fingerprint density at radius 3 is 2.89 bits per heavy atom. The van der Waals surface area contributed by atoms with Crippen LogP contribution in [0.3, 0.4) is 0 Å². The Bertz CT molecular complexity index is 391. The summed E-state index contributed by atoms with van der Waals surface area (Å²) in [4.78, 5) is 3.79. The predicted octanol–water partition coefficient (Wildman–Crippen LogP) is 3.40. The zero-order valence-electron chi connectivity index (χ0n) is 11.6. The summed E-state index contributed by atoms with van der Waals surface area (Å²) in [6.45, 7) is 7.19. The van der Waals surface area contributed by atoms with E-state index >= 15 is 0 Å². The number of likely N-dealkylation sites (N-methyl/N-ethyl adjacent to an activating group) is 1. The minimum atomic E-state index is 0.118. The lowest BCUT2D eigenvalue weighted by Crippen LogP contribution is -2.42. The van der Waals surface area contributed by atoms with Crippen LogP contribution in [0.5, 0.6) is 0 Å². The van der Waals surface area contributed by atoms with Crippen LogP contribution in [0.4, 0.5) is 0 Å². The summed E-state index contributed by atoms with van der Waals surface area (Å²) in [5, 5.41) is 2.13. The predicted molar refractivity (Wildman–Crippen MR) is 84.6 cm³/mol. The highest BCUT2D eigenvalue weighted by atomic mass is 79.9. The Hall–Kier alpha value is 0.0600. The maximum absolute atomic E-state index is 6.24. The Labute approximate surface area is 128 Å². The molecule has 108 valence electrons. The molecule has 3 unspecified atom stereocenters. The molecule has 3 atom stereocenters. The summed E-state index contributed by atoms with van der Waals surface area (Å²) in [6.07, 6.45) is 2.75. The van der Waals surface area contributed by atoms with Crippen LogP contribution in [0.25, 0.3) is 0 Å². The molecule has 0 bridgehead atoms. The second kappa shape index (κ2) is 7.18. The van der Waals surface area contributed by atoms with Crippen molar-refractivity contribution in [3.8, 4) is 0 Å². The summed E-state index contributed by atoms with van der Waals surface area (Å²) < 4.78 is 6.91. The van der Waals surface area contributed by atoms with Gasteiger partial charge in [-0.2, -0.15) is 0 Å². The maximum Gasteiger partial charge on any atom is 0.0703 e. The van der Waals surface area contributed by atoms with Crippen molar-refractivity contribution in [2.75, 3.05) is 19.7 Å². The van der Waals surface area contributed by atoms with Gasteiger partial charge in [0.1, 0.15) is 0 Å². The standard InChI is InChI=1S/C14H23BrN2OS/c1-3-17(8-12-5-4-6-18-12)14(10(2)16)13-7-11(15)9-19-13/h7,9-10,12,14H,3-6,8,16H2,1-2H3. The van der Waals surface area contributed by atoms with Crippen LogP contribution in [-0.2, 0) is 4.74 Å². The second-order valence-electron chi connectivity index (χ2n) is 5.19. The van der Waals surface area contributed by atoms with Crippen LogP contribution >= 0.6 is 27.3 Å². The minimum absolute atomic E-state index is 0.118. The summed E-state index contributed by atoms with van der Waals surface area (Å²) >= 11 is 5.31. The molecule has 1 saturated heterocycles. The number of halogens is 1. The number of ether oxygens (including phenoxy) is 1. The maximum atomic E-state index is 6.24. The Morgan fingerprint density at radius 2 is 2.42 bits per heavy atom. The van der Waals surface area contributed by atoms with Gasteiger partial charge in [0.25, 0.3) is 0 Å². The van der Waals surface area contributed by atoms with Gasteiger partial charge < -0.3 is 10.5 Å². The van der Waals surface area contributed by atoms with Crippen molar-refractivity contribution in [2.24, 2.45) is 5.73 Å². The lowest BCUT2D eigenvalue weighted by atomic mass is 10.1. The van der Waals surface area contributed by atoms with E-state index in [-0.39, 0.29) is 12.1 Å². The molecular formula is C14H23BrN2OS. The first kappa shape index (κ1) is 15.4. The average molecular weight is 347 g/mol. The molecule has 0 aliphatic carbocycles. The monoisotopic (exact) mass is 346 g/mol. The van der Waals surface area contributed by atoms with Crippen LogP contribution in [0.2, 0.25) is 0 Å². The zero-order chi connectivity index (χ0) is 13.8. The molecule has 3 nitrogen and oxygen atoms in total. The van der Waals surface area contributed by atoms with Gasteiger partial charge in [0, 0.05) is 33.9 Å². The number of nitrogens with zero attached hydrogens (tertiary/aromatic N) is 1. The summed E-state index contributed by atoms with van der Waals surface area (Å²) in [6, 6.07) is 2.59. The van der Waals surface area contributed by atoms with Gasteiger partial charge in [-0.15, -0.1) is 11.3 Å². The Balaban J connectivity index is 2.10. The summed E-state index contributed by atoms with van der Waals surface area (Å²) in [5.41, 5.74) is 6.24. The van der Waals surface area contributed by atoms with Crippen molar-refractivity contribution < 1.29 is 4.74 Å². The lowest BCUT2D eigenvalue weighted by Gasteiger charge is -2.34. The van der Waals surface area contributed by atoms with Crippen molar-refractivity contribution in [3.05, 3.63) is 20.8 Å². The minimum Gasteiger partial charge on any atom is -0.377 e. The number of nitrogens with two attached hydrogens (primary N) is 1. The fourth-order valence-electron chi connectivity index (χ4n) is 2.74. The molecule has 0 radical (unpaired) electrons. The van der Waals surface area contributed by atoms with Gasteiger partial charge in [0.2, 0.25) is 0 Å². The van der Waals surface area contributed by atoms with Crippen LogP contribution in [0.1, 0.15) is 37.6 Å². The van der Waals surface area contributed by atoms with Gasteiger partial charge >= 0.3 is 0 Å². The van der Waals surface area contributed by atoms with Gasteiger partial charge in [-0.05, 0) is 48.3 Å². The molecule has 0 saturated carbocycles. The van der Waals surface area contributed by atoms with E-state index < -0.39 is 0 Å². The molecule has 0 aromatic carbocycles. The van der Waals surface area contributed by atoms with E-state index in [0.717, 1.165) is 24.2 Å². The second-order valence-corrected chi connectivity index (χ2v) is 7.05. The topological polar surface area (TPSA) is 38.5 Å². The third kappa shape index (κ3) is 4.02. The van der Waals surface area contributed by atoms with E-state index in [0.29, 0.717) is 6.10 Å². The SMILES string of the molecule is CCN(CC1CCCO1)C(c1cc(Br)cs1)C(C)N. The van der Waals surface area contributed by atoms with E-state index in [1.54, 1.807) is 11.3 Å². The quantitative estimate of drug-likeness (QED) is 0.857. The van der Waals surface area contributed by atoms with Crippen LogP contribution in [-0.4, -0.2) is 36.7 Å². The highest BCUT2D eigenvalue weighted by molar-refractivity contribution is 9.10. The van der Waals surface area contributed by atoms with Crippen molar-refractivity contribution in [3.63, 3.8) is 0 Å². The van der Waals surface area contributed by atoms with Crippen LogP contribution in [0.15, 0.2) is 15.9 Å². The van der Waals surface area contributed by atoms with E-state index in [4.69, 9.17) is 10.5 Å². The van der Waals surface area contributed by atoms with E-state index in [1.807, 2.05) is 0 Å². The number of thiophene rings is 1. The van der Waals surface area contributed by atoms with Gasteiger partial charge in [-0.1, -0.05) is 6.92 Å². The molecule has 1 aliphatic heterocycles. The normalized spacial score (nSPS) is 22.9. The fraction of sp³-hybridized carbons (Fsp3) is 0.714. The number of hydrogen-bond donors (Lipinski definition) is 1. The van der Waals surface area contributed by atoms with Crippen molar-refractivity contribution >= 4 is 27.3 Å². The molecule has 1 aliphatic rings. The summed E-state index contributed by atoms with van der Waals surface area (Å²) in [5.74, 6) is 0. The van der Waals surface area contributed by atoms with E-state index in [9.17, 15) is 0 Å². The third-order valence-corrected chi connectivity index (χ3v) is 5.40. The highest BCUT2D eigenvalue weighted by Crippen LogP contribution is 2.32. The fourth-order valence-corrected chi connectivity index (χ4v) is 4.44. The van der Waals surface area contributed by atoms with Crippen molar-refractivity contribution in [2.45, 2.75) is 44.9 Å².